The van der Waals surface area contributed by atoms with Gasteiger partial charge in [0.15, 0.2) is 5.16 Å². The molecule has 1 aliphatic carbocycles. The number of ether oxygens (including phenoxy) is 1. The summed E-state index contributed by atoms with van der Waals surface area (Å²) in [7, 11) is 0. The summed E-state index contributed by atoms with van der Waals surface area (Å²) in [6.07, 6.45) is 2.49. The van der Waals surface area contributed by atoms with Crippen LogP contribution >= 0.6 is 23.1 Å². The van der Waals surface area contributed by atoms with Crippen molar-refractivity contribution in [1.82, 2.24) is 25.0 Å². The summed E-state index contributed by atoms with van der Waals surface area (Å²) in [5.74, 6) is 2.53. The second kappa shape index (κ2) is 6.09. The summed E-state index contributed by atoms with van der Waals surface area (Å²) in [5.41, 5.74) is 0. The largest absolute Gasteiger partial charge is 0.469 e. The smallest absolute Gasteiger partial charge is 0.294 e. The van der Waals surface area contributed by atoms with Gasteiger partial charge in [-0.1, -0.05) is 23.1 Å². The molecule has 0 spiro atoms. The van der Waals surface area contributed by atoms with Crippen molar-refractivity contribution in [3.63, 3.8) is 0 Å². The maximum atomic E-state index is 5.33. The third kappa shape index (κ3) is 2.95. The summed E-state index contributed by atoms with van der Waals surface area (Å²) < 4.78 is 7.54. The van der Waals surface area contributed by atoms with Crippen LogP contribution < -0.4 is 4.74 Å². The van der Waals surface area contributed by atoms with E-state index in [1.54, 1.807) is 11.8 Å². The minimum atomic E-state index is 0.622. The quantitative estimate of drug-likeness (QED) is 0.733. The van der Waals surface area contributed by atoms with E-state index >= 15 is 0 Å². The highest BCUT2D eigenvalue weighted by molar-refractivity contribution is 7.98. The Morgan fingerprint density at radius 2 is 2.10 bits per heavy atom. The fraction of sp³-hybridized carbons (Fsp3) is 0.667. The molecule has 0 bridgehead atoms. The molecule has 8 heteroatoms. The predicted octanol–water partition coefficient (Wildman–Crippen LogP) is 2.72. The molecule has 0 unspecified atom stereocenters. The van der Waals surface area contributed by atoms with Crippen molar-refractivity contribution in [3.05, 3.63) is 10.8 Å². The number of thioether (sulfide) groups is 1. The lowest BCUT2D eigenvalue weighted by Crippen LogP contribution is -2.01. The lowest BCUT2D eigenvalue weighted by atomic mass is 10.4. The number of aromatic nitrogens is 5. The van der Waals surface area contributed by atoms with Crippen LogP contribution in [0.25, 0.3) is 0 Å². The average Bonchev–Trinajstić information content (AvgIpc) is 3.06. The van der Waals surface area contributed by atoms with Gasteiger partial charge in [0.2, 0.25) is 0 Å². The third-order valence-electron chi connectivity index (χ3n) is 3.05. The van der Waals surface area contributed by atoms with Gasteiger partial charge >= 0.3 is 0 Å². The summed E-state index contributed by atoms with van der Waals surface area (Å²) in [6.45, 7) is 5.62. The zero-order chi connectivity index (χ0) is 13.9. The number of hydrogen-bond donors (Lipinski definition) is 0. The van der Waals surface area contributed by atoms with E-state index in [9.17, 15) is 0 Å². The lowest BCUT2D eigenvalue weighted by Gasteiger charge is -2.05. The molecule has 20 heavy (non-hydrogen) atoms. The van der Waals surface area contributed by atoms with Crippen LogP contribution in [0.2, 0.25) is 0 Å². The first-order valence-corrected chi connectivity index (χ1v) is 8.63. The Morgan fingerprint density at radius 3 is 2.80 bits per heavy atom. The minimum Gasteiger partial charge on any atom is -0.469 e. The Bertz CT molecular complexity index is 578. The molecule has 0 atom stereocenters. The molecule has 2 heterocycles. The lowest BCUT2D eigenvalue weighted by molar-refractivity contribution is 0.335. The van der Waals surface area contributed by atoms with Crippen molar-refractivity contribution < 1.29 is 4.74 Å². The van der Waals surface area contributed by atoms with Crippen LogP contribution in [0.3, 0.4) is 0 Å². The van der Waals surface area contributed by atoms with Gasteiger partial charge in [0.05, 0.1) is 12.4 Å². The first kappa shape index (κ1) is 13.8. The molecule has 108 valence electrons. The monoisotopic (exact) mass is 311 g/mol. The van der Waals surface area contributed by atoms with Crippen molar-refractivity contribution in [2.75, 3.05) is 6.61 Å². The van der Waals surface area contributed by atoms with Crippen molar-refractivity contribution in [2.24, 2.45) is 0 Å². The fourth-order valence-electron chi connectivity index (χ4n) is 1.95. The third-order valence-corrected chi connectivity index (χ3v) is 5.04. The second-order valence-electron chi connectivity index (χ2n) is 4.54. The average molecular weight is 311 g/mol. The van der Waals surface area contributed by atoms with Gasteiger partial charge < -0.3 is 9.30 Å². The number of rotatable bonds is 7. The van der Waals surface area contributed by atoms with E-state index in [1.165, 1.54) is 24.2 Å². The number of hydrogen-bond acceptors (Lipinski definition) is 7. The van der Waals surface area contributed by atoms with E-state index in [0.29, 0.717) is 17.7 Å². The summed E-state index contributed by atoms with van der Waals surface area (Å²) in [6, 6.07) is 0. The highest BCUT2D eigenvalue weighted by atomic mass is 32.2. The van der Waals surface area contributed by atoms with Crippen LogP contribution in [0.5, 0.6) is 5.19 Å². The van der Waals surface area contributed by atoms with Crippen molar-refractivity contribution in [2.45, 2.75) is 50.1 Å². The van der Waals surface area contributed by atoms with Gasteiger partial charge in [-0.2, -0.15) is 0 Å². The van der Waals surface area contributed by atoms with Gasteiger partial charge in [0.25, 0.3) is 5.19 Å². The maximum Gasteiger partial charge on any atom is 0.294 e. The molecular weight excluding hydrogens is 294 g/mol. The maximum absolute atomic E-state index is 5.33. The first-order valence-electron chi connectivity index (χ1n) is 6.82. The van der Waals surface area contributed by atoms with Gasteiger partial charge in [0.1, 0.15) is 10.8 Å². The fourth-order valence-corrected chi connectivity index (χ4v) is 3.69. The molecule has 0 radical (unpaired) electrons. The molecule has 1 aliphatic rings. The van der Waals surface area contributed by atoms with Crippen molar-refractivity contribution in [1.29, 1.82) is 0 Å². The van der Waals surface area contributed by atoms with Crippen LogP contribution in [-0.2, 0) is 12.3 Å². The van der Waals surface area contributed by atoms with E-state index < -0.39 is 0 Å². The van der Waals surface area contributed by atoms with Gasteiger partial charge in [-0.05, 0) is 26.7 Å². The SMILES string of the molecule is CCOc1nnc(CSc2nnc(C3CC3)n2CC)s1. The van der Waals surface area contributed by atoms with E-state index in [4.69, 9.17) is 4.74 Å². The summed E-state index contributed by atoms with van der Waals surface area (Å²) in [4.78, 5) is 0. The van der Waals surface area contributed by atoms with Gasteiger partial charge in [-0.25, -0.2) is 0 Å². The molecule has 0 amide bonds. The summed E-state index contributed by atoms with van der Waals surface area (Å²) >= 11 is 3.16. The van der Waals surface area contributed by atoms with Crippen LogP contribution in [-0.4, -0.2) is 31.6 Å². The molecule has 3 rings (SSSR count). The van der Waals surface area contributed by atoms with Gasteiger partial charge in [0, 0.05) is 12.5 Å². The summed E-state index contributed by atoms with van der Waals surface area (Å²) in [5, 5.41) is 19.3. The Balaban J connectivity index is 1.65. The highest BCUT2D eigenvalue weighted by Gasteiger charge is 2.29. The second-order valence-corrected chi connectivity index (χ2v) is 6.51. The Hall–Kier alpha value is -1.15. The number of nitrogens with zero attached hydrogens (tertiary/aromatic N) is 5. The zero-order valence-electron chi connectivity index (χ0n) is 11.6. The Kier molecular flexibility index (Phi) is 4.21. The Morgan fingerprint density at radius 1 is 1.25 bits per heavy atom. The standard InChI is InChI=1S/C12H17N5OS2/c1-3-17-10(8-5-6-8)14-15-11(17)19-7-9-13-16-12(20-9)18-4-2/h8H,3-7H2,1-2H3. The van der Waals surface area contributed by atoms with Crippen LogP contribution in [0.15, 0.2) is 5.16 Å². The van der Waals surface area contributed by atoms with E-state index in [1.807, 2.05) is 6.92 Å². The topological polar surface area (TPSA) is 65.7 Å². The molecule has 0 aliphatic heterocycles. The van der Waals surface area contributed by atoms with Crippen molar-refractivity contribution in [3.8, 4) is 5.19 Å². The normalized spacial score (nSPS) is 14.7. The van der Waals surface area contributed by atoms with Crippen LogP contribution in [0, 0.1) is 0 Å². The molecule has 6 nitrogen and oxygen atoms in total. The van der Waals surface area contributed by atoms with E-state index in [2.05, 4.69) is 31.9 Å². The molecular formula is C12H17N5OS2. The molecule has 2 aromatic heterocycles. The van der Waals surface area contributed by atoms with E-state index in [-0.39, 0.29) is 0 Å². The molecule has 0 N–H and O–H groups in total. The molecule has 0 saturated heterocycles. The van der Waals surface area contributed by atoms with Gasteiger partial charge in [-0.15, -0.1) is 20.4 Å². The van der Waals surface area contributed by atoms with Crippen molar-refractivity contribution >= 4 is 23.1 Å². The minimum absolute atomic E-state index is 0.622. The van der Waals surface area contributed by atoms with Gasteiger partial charge in [-0.3, -0.25) is 0 Å². The molecule has 0 aromatic carbocycles. The first-order chi connectivity index (χ1) is 9.81. The van der Waals surface area contributed by atoms with E-state index in [0.717, 1.165) is 28.3 Å². The molecule has 1 fully saturated rings. The van der Waals surface area contributed by atoms with Crippen LogP contribution in [0.4, 0.5) is 0 Å². The Labute approximate surface area is 126 Å². The molecule has 1 saturated carbocycles. The zero-order valence-corrected chi connectivity index (χ0v) is 13.2. The highest BCUT2D eigenvalue weighted by Crippen LogP contribution is 2.40. The molecule has 2 aromatic rings. The van der Waals surface area contributed by atoms with Crippen LogP contribution in [0.1, 0.15) is 43.4 Å². The predicted molar refractivity (Wildman–Crippen MR) is 78.3 cm³/mol.